The Bertz CT molecular complexity index is 384. The average molecular weight is 245 g/mol. The molecule has 0 bridgehead atoms. The highest BCUT2D eigenvalue weighted by atomic mass is 32.2. The molecular weight excluding hydrogens is 229 g/mol. The molecule has 0 heterocycles. The minimum absolute atomic E-state index is 0.0786. The first-order chi connectivity index (χ1) is 7.58. The van der Waals surface area contributed by atoms with Gasteiger partial charge in [-0.05, 0) is 24.6 Å². The Balaban J connectivity index is 2.75. The molecule has 2 unspecified atom stereocenters. The Kier molecular flexibility index (Phi) is 4.89. The van der Waals surface area contributed by atoms with Crippen LogP contribution in [-0.2, 0) is 16.6 Å². The number of methoxy groups -OCH3 is 1. The van der Waals surface area contributed by atoms with E-state index in [0.29, 0.717) is 17.9 Å². The van der Waals surface area contributed by atoms with Gasteiger partial charge < -0.3 is 10.5 Å². The molecule has 1 aromatic carbocycles. The number of hydrogen-bond donors (Lipinski definition) is 1. The number of nitrogens with two attached hydrogens (primary N) is 1. The smallest absolute Gasteiger partial charge is 0.165 e. The largest absolute Gasteiger partial charge is 0.494 e. The van der Waals surface area contributed by atoms with E-state index < -0.39 is 16.6 Å². The normalized spacial score (nSPS) is 14.5. The fourth-order valence-electron chi connectivity index (χ4n) is 1.21. The quantitative estimate of drug-likeness (QED) is 0.853. The number of halogens is 1. The minimum atomic E-state index is -1.07. The second-order valence-electron chi connectivity index (χ2n) is 3.54. The van der Waals surface area contributed by atoms with E-state index in [9.17, 15) is 8.60 Å². The second kappa shape index (κ2) is 5.96. The van der Waals surface area contributed by atoms with Crippen molar-refractivity contribution in [2.45, 2.75) is 17.9 Å². The van der Waals surface area contributed by atoms with Gasteiger partial charge in [0.2, 0.25) is 0 Å². The molecule has 16 heavy (non-hydrogen) atoms. The van der Waals surface area contributed by atoms with Gasteiger partial charge in [-0.2, -0.15) is 0 Å². The molecule has 1 rings (SSSR count). The van der Waals surface area contributed by atoms with Crippen molar-refractivity contribution in [3.8, 4) is 5.75 Å². The maximum atomic E-state index is 13.3. The number of benzene rings is 1. The Morgan fingerprint density at radius 1 is 1.56 bits per heavy atom. The zero-order chi connectivity index (χ0) is 12.1. The summed E-state index contributed by atoms with van der Waals surface area (Å²) in [5.41, 5.74) is 6.11. The molecule has 0 amide bonds. The fourth-order valence-corrected chi connectivity index (χ4v) is 2.22. The molecule has 0 saturated heterocycles. The van der Waals surface area contributed by atoms with E-state index >= 15 is 0 Å². The highest BCUT2D eigenvalue weighted by Crippen LogP contribution is 2.19. The van der Waals surface area contributed by atoms with Gasteiger partial charge in [-0.25, -0.2) is 4.39 Å². The second-order valence-corrected chi connectivity index (χ2v) is 5.40. The minimum Gasteiger partial charge on any atom is -0.494 e. The molecule has 3 nitrogen and oxygen atoms in total. The first-order valence-corrected chi connectivity index (χ1v) is 6.36. The third-order valence-corrected chi connectivity index (χ3v) is 4.01. The van der Waals surface area contributed by atoms with Gasteiger partial charge in [0.1, 0.15) is 0 Å². The summed E-state index contributed by atoms with van der Waals surface area (Å²) in [5.74, 6) is 0.0815. The van der Waals surface area contributed by atoms with E-state index in [4.69, 9.17) is 10.5 Å². The molecule has 2 atom stereocenters. The third-order valence-electron chi connectivity index (χ3n) is 2.31. The predicted octanol–water partition coefficient (Wildman–Crippen LogP) is 1.43. The Morgan fingerprint density at radius 2 is 2.25 bits per heavy atom. The van der Waals surface area contributed by atoms with Gasteiger partial charge in [-0.1, -0.05) is 6.07 Å². The number of hydrogen-bond acceptors (Lipinski definition) is 3. The van der Waals surface area contributed by atoms with E-state index in [1.165, 1.54) is 19.2 Å². The van der Waals surface area contributed by atoms with Gasteiger partial charge in [0.25, 0.3) is 0 Å². The van der Waals surface area contributed by atoms with Gasteiger partial charge >= 0.3 is 0 Å². The van der Waals surface area contributed by atoms with Crippen molar-refractivity contribution in [3.63, 3.8) is 0 Å². The SMILES string of the molecule is COc1ccc(CS(=O)C(C)CN)cc1F. The van der Waals surface area contributed by atoms with Gasteiger partial charge in [0, 0.05) is 28.3 Å². The van der Waals surface area contributed by atoms with Crippen molar-refractivity contribution in [1.82, 2.24) is 0 Å². The molecule has 2 N–H and O–H groups in total. The standard InChI is InChI=1S/C11H16FNO2S/c1-8(6-13)16(14)7-9-3-4-11(15-2)10(12)5-9/h3-5,8H,6-7,13H2,1-2H3. The van der Waals surface area contributed by atoms with Crippen molar-refractivity contribution >= 4 is 10.8 Å². The monoisotopic (exact) mass is 245 g/mol. The van der Waals surface area contributed by atoms with Crippen LogP contribution in [-0.4, -0.2) is 23.1 Å². The first kappa shape index (κ1) is 13.1. The topological polar surface area (TPSA) is 52.3 Å². The highest BCUT2D eigenvalue weighted by molar-refractivity contribution is 7.84. The first-order valence-electron chi connectivity index (χ1n) is 4.98. The van der Waals surface area contributed by atoms with Crippen LogP contribution in [0.3, 0.4) is 0 Å². The van der Waals surface area contributed by atoms with Crippen LogP contribution in [0.2, 0.25) is 0 Å². The summed E-state index contributed by atoms with van der Waals surface area (Å²) in [4.78, 5) is 0. The van der Waals surface area contributed by atoms with Gasteiger partial charge in [0.15, 0.2) is 11.6 Å². The molecule has 90 valence electrons. The lowest BCUT2D eigenvalue weighted by atomic mass is 10.2. The highest BCUT2D eigenvalue weighted by Gasteiger charge is 2.11. The van der Waals surface area contributed by atoms with Gasteiger partial charge in [0.05, 0.1) is 7.11 Å². The maximum absolute atomic E-state index is 13.3. The van der Waals surface area contributed by atoms with Crippen LogP contribution in [0.15, 0.2) is 18.2 Å². The van der Waals surface area contributed by atoms with Crippen LogP contribution < -0.4 is 10.5 Å². The molecular formula is C11H16FNO2S. The molecule has 0 aliphatic heterocycles. The van der Waals surface area contributed by atoms with E-state index in [-0.39, 0.29) is 11.0 Å². The van der Waals surface area contributed by atoms with Crippen LogP contribution in [0.5, 0.6) is 5.75 Å². The van der Waals surface area contributed by atoms with Crippen LogP contribution >= 0.6 is 0 Å². The van der Waals surface area contributed by atoms with Crippen molar-refractivity contribution in [3.05, 3.63) is 29.6 Å². The molecule has 0 fully saturated rings. The van der Waals surface area contributed by atoms with Crippen LogP contribution in [0, 0.1) is 5.82 Å². The summed E-state index contributed by atoms with van der Waals surface area (Å²) in [5, 5.41) is -0.0786. The summed E-state index contributed by atoms with van der Waals surface area (Å²) in [7, 11) is 0.344. The molecule has 5 heteroatoms. The van der Waals surface area contributed by atoms with Gasteiger partial charge in [-0.15, -0.1) is 0 Å². The molecule has 0 aromatic heterocycles. The zero-order valence-corrected chi connectivity index (χ0v) is 10.2. The van der Waals surface area contributed by atoms with Gasteiger partial charge in [-0.3, -0.25) is 4.21 Å². The summed E-state index contributed by atoms with van der Waals surface area (Å²) < 4.78 is 29.8. The van der Waals surface area contributed by atoms with Crippen LogP contribution in [0.4, 0.5) is 4.39 Å². The maximum Gasteiger partial charge on any atom is 0.165 e. The Hall–Kier alpha value is -0.940. The lowest BCUT2D eigenvalue weighted by molar-refractivity contribution is 0.386. The molecule has 0 aliphatic rings. The van der Waals surface area contributed by atoms with E-state index in [1.807, 2.05) is 6.92 Å². The predicted molar refractivity (Wildman–Crippen MR) is 63.3 cm³/mol. The Morgan fingerprint density at radius 3 is 2.75 bits per heavy atom. The zero-order valence-electron chi connectivity index (χ0n) is 9.40. The lowest BCUT2D eigenvalue weighted by Gasteiger charge is -2.09. The van der Waals surface area contributed by atoms with Crippen LogP contribution in [0.1, 0.15) is 12.5 Å². The lowest BCUT2D eigenvalue weighted by Crippen LogP contribution is -2.22. The van der Waals surface area contributed by atoms with E-state index in [2.05, 4.69) is 0 Å². The van der Waals surface area contributed by atoms with Crippen molar-refractivity contribution in [1.29, 1.82) is 0 Å². The van der Waals surface area contributed by atoms with Crippen molar-refractivity contribution < 1.29 is 13.3 Å². The number of ether oxygens (including phenoxy) is 1. The third kappa shape index (κ3) is 3.28. The summed E-state index contributed by atoms with van der Waals surface area (Å²) in [6, 6.07) is 4.60. The summed E-state index contributed by atoms with van der Waals surface area (Å²) >= 11 is 0. The fraction of sp³-hybridized carbons (Fsp3) is 0.455. The Labute approximate surface area is 97.2 Å². The summed E-state index contributed by atoms with van der Waals surface area (Å²) in [6.45, 7) is 2.18. The van der Waals surface area contributed by atoms with E-state index in [1.54, 1.807) is 6.07 Å². The van der Waals surface area contributed by atoms with Crippen molar-refractivity contribution in [2.75, 3.05) is 13.7 Å². The molecule has 1 aromatic rings. The van der Waals surface area contributed by atoms with E-state index in [0.717, 1.165) is 0 Å². The molecule has 0 aliphatic carbocycles. The molecule has 0 spiro atoms. The molecule has 0 radical (unpaired) electrons. The average Bonchev–Trinajstić information content (AvgIpc) is 2.28. The van der Waals surface area contributed by atoms with Crippen LogP contribution in [0.25, 0.3) is 0 Å². The summed E-state index contributed by atoms with van der Waals surface area (Å²) in [6.07, 6.45) is 0. The molecule has 0 saturated carbocycles. The van der Waals surface area contributed by atoms with Crippen molar-refractivity contribution in [2.24, 2.45) is 5.73 Å². The number of rotatable bonds is 5.